The van der Waals surface area contributed by atoms with Gasteiger partial charge in [0, 0.05) is 48.6 Å². The van der Waals surface area contributed by atoms with E-state index in [4.69, 9.17) is 9.47 Å². The third-order valence-electron chi connectivity index (χ3n) is 7.74. The molecule has 38 heavy (non-hydrogen) atoms. The fourth-order valence-electron chi connectivity index (χ4n) is 5.86. The molecule has 0 amide bonds. The second-order valence-corrected chi connectivity index (χ2v) is 10.3. The maximum Gasteiger partial charge on any atom is 0.253 e. The quantitative estimate of drug-likeness (QED) is 0.358. The summed E-state index contributed by atoms with van der Waals surface area (Å²) in [6, 6.07) is 11.4. The second-order valence-electron chi connectivity index (χ2n) is 10.3. The fraction of sp³-hybridized carbons (Fsp3) is 0.464. The van der Waals surface area contributed by atoms with Crippen molar-refractivity contribution in [1.82, 2.24) is 35.1 Å². The van der Waals surface area contributed by atoms with Crippen molar-refractivity contribution in [2.45, 2.75) is 63.3 Å². The van der Waals surface area contributed by atoms with Crippen LogP contribution in [0.1, 0.15) is 67.6 Å². The van der Waals surface area contributed by atoms with Crippen LogP contribution in [0.3, 0.4) is 0 Å². The van der Waals surface area contributed by atoms with Crippen molar-refractivity contribution in [2.75, 3.05) is 20.3 Å². The van der Waals surface area contributed by atoms with Gasteiger partial charge in [0.1, 0.15) is 11.8 Å². The van der Waals surface area contributed by atoms with Crippen LogP contribution in [0.15, 0.2) is 53.6 Å². The van der Waals surface area contributed by atoms with E-state index in [-0.39, 0.29) is 17.7 Å². The maximum atomic E-state index is 13.7. The Morgan fingerprint density at radius 3 is 2.84 bits per heavy atom. The predicted molar refractivity (Wildman–Crippen MR) is 142 cm³/mol. The molecule has 1 aliphatic carbocycles. The predicted octanol–water partition coefficient (Wildman–Crippen LogP) is 3.80. The Morgan fingerprint density at radius 2 is 2.08 bits per heavy atom. The lowest BCUT2D eigenvalue weighted by atomic mass is 10.0. The van der Waals surface area contributed by atoms with Gasteiger partial charge in [-0.2, -0.15) is 0 Å². The Labute approximate surface area is 221 Å². The van der Waals surface area contributed by atoms with Gasteiger partial charge in [0.2, 0.25) is 0 Å². The molecule has 1 saturated carbocycles. The van der Waals surface area contributed by atoms with E-state index in [1.54, 1.807) is 13.3 Å². The van der Waals surface area contributed by atoms with Crippen molar-refractivity contribution in [3.8, 4) is 5.75 Å². The van der Waals surface area contributed by atoms with Crippen molar-refractivity contribution in [3.05, 3.63) is 76.1 Å². The first-order valence-corrected chi connectivity index (χ1v) is 13.4. The molecule has 3 aromatic heterocycles. The lowest BCUT2D eigenvalue weighted by molar-refractivity contribution is 0.0569. The molecule has 2 atom stereocenters. The van der Waals surface area contributed by atoms with Crippen LogP contribution in [0.25, 0.3) is 10.9 Å². The molecule has 1 aromatic carbocycles. The highest BCUT2D eigenvalue weighted by Gasteiger charge is 2.35. The zero-order valence-corrected chi connectivity index (χ0v) is 21.6. The highest BCUT2D eigenvalue weighted by atomic mass is 16.5. The number of aromatic nitrogens is 6. The maximum absolute atomic E-state index is 13.7. The summed E-state index contributed by atoms with van der Waals surface area (Å²) in [5.74, 6) is 1.42. The summed E-state index contributed by atoms with van der Waals surface area (Å²) >= 11 is 0. The number of fused-ring (bicyclic) bond motifs is 1. The summed E-state index contributed by atoms with van der Waals surface area (Å²) in [6.45, 7) is 1.98. The zero-order chi connectivity index (χ0) is 25.9. The Morgan fingerprint density at radius 1 is 1.18 bits per heavy atom. The molecule has 2 aliphatic rings. The summed E-state index contributed by atoms with van der Waals surface area (Å²) in [6.07, 6.45) is 10.1. The average Bonchev–Trinajstić information content (AvgIpc) is 3.73. The van der Waals surface area contributed by atoms with Gasteiger partial charge in [0.15, 0.2) is 5.82 Å². The summed E-state index contributed by atoms with van der Waals surface area (Å²) in [5.41, 5.74) is 2.25. The van der Waals surface area contributed by atoms with Gasteiger partial charge in [0.05, 0.1) is 19.3 Å². The molecule has 0 unspecified atom stereocenters. The molecule has 0 spiro atoms. The molecular weight excluding hydrogens is 482 g/mol. The number of nitrogens with one attached hydrogen (secondary N) is 1. The van der Waals surface area contributed by atoms with Crippen LogP contribution < -0.4 is 10.3 Å². The van der Waals surface area contributed by atoms with E-state index in [2.05, 4.69) is 36.5 Å². The number of H-pyrrole nitrogens is 1. The largest absolute Gasteiger partial charge is 0.497 e. The molecule has 4 heterocycles. The number of aromatic amines is 1. The van der Waals surface area contributed by atoms with Gasteiger partial charge >= 0.3 is 0 Å². The number of pyridine rings is 2. The van der Waals surface area contributed by atoms with E-state index in [9.17, 15) is 4.79 Å². The number of tetrazole rings is 1. The Kier molecular flexibility index (Phi) is 7.15. The minimum Gasteiger partial charge on any atom is -0.497 e. The lowest BCUT2D eigenvalue weighted by Crippen LogP contribution is -2.39. The molecule has 4 aromatic rings. The van der Waals surface area contributed by atoms with Crippen LogP contribution in [-0.4, -0.2) is 61.4 Å². The summed E-state index contributed by atoms with van der Waals surface area (Å²) in [7, 11) is 1.64. The van der Waals surface area contributed by atoms with Gasteiger partial charge in [-0.3, -0.25) is 14.7 Å². The summed E-state index contributed by atoms with van der Waals surface area (Å²) in [4.78, 5) is 23.4. The lowest BCUT2D eigenvalue weighted by Gasteiger charge is -2.33. The van der Waals surface area contributed by atoms with Crippen LogP contribution in [0.5, 0.6) is 5.75 Å². The van der Waals surface area contributed by atoms with E-state index in [0.717, 1.165) is 67.3 Å². The van der Waals surface area contributed by atoms with Gasteiger partial charge in [-0.05, 0) is 72.0 Å². The van der Waals surface area contributed by atoms with Gasteiger partial charge in [-0.25, -0.2) is 4.68 Å². The molecule has 2 fully saturated rings. The number of methoxy groups -OCH3 is 1. The topological polar surface area (TPSA) is 111 Å². The molecule has 1 N–H and O–H groups in total. The van der Waals surface area contributed by atoms with Crippen LogP contribution in [0.4, 0.5) is 0 Å². The third kappa shape index (κ3) is 5.06. The van der Waals surface area contributed by atoms with Gasteiger partial charge in [0.25, 0.3) is 5.56 Å². The first-order chi connectivity index (χ1) is 18.7. The van der Waals surface area contributed by atoms with Crippen molar-refractivity contribution in [3.63, 3.8) is 0 Å². The molecule has 1 saturated heterocycles. The minimum absolute atomic E-state index is 0.0737. The van der Waals surface area contributed by atoms with Gasteiger partial charge < -0.3 is 14.5 Å². The Bertz CT molecular complexity index is 1430. The molecule has 10 heteroatoms. The summed E-state index contributed by atoms with van der Waals surface area (Å²) in [5, 5.41) is 14.0. The molecular formula is C28H33N7O3. The number of ether oxygens (including phenoxy) is 2. The number of benzene rings is 1. The Hall–Kier alpha value is -3.63. The van der Waals surface area contributed by atoms with E-state index in [1.807, 2.05) is 41.2 Å². The fourth-order valence-corrected chi connectivity index (χ4v) is 5.86. The molecule has 1 aliphatic heterocycles. The van der Waals surface area contributed by atoms with Crippen molar-refractivity contribution >= 4 is 10.9 Å². The number of hydrogen-bond acceptors (Lipinski definition) is 8. The number of nitrogens with zero attached hydrogens (tertiary/aromatic N) is 6. The van der Waals surface area contributed by atoms with E-state index < -0.39 is 6.04 Å². The third-order valence-corrected chi connectivity index (χ3v) is 7.74. The molecule has 10 nitrogen and oxygen atoms in total. The molecule has 6 rings (SSSR count). The zero-order valence-electron chi connectivity index (χ0n) is 21.6. The number of hydrogen-bond donors (Lipinski definition) is 1. The van der Waals surface area contributed by atoms with Crippen molar-refractivity contribution < 1.29 is 9.47 Å². The standard InChI is InChI=1S/C28H33N7O3/c1-37-22-10-11-25-20(14-22)15-24(28(36)30-25)26(27-31-32-33-35(27)21-7-2-3-8-21)34(18-23-9-5-13-38-23)17-19-6-4-12-29-16-19/h4,6,10-12,14-16,21,23,26H,2-3,5,7-9,13,17-18H2,1H3,(H,30,36)/t23-,26-/m1/s1. The van der Waals surface area contributed by atoms with Gasteiger partial charge in [-0.15, -0.1) is 5.10 Å². The van der Waals surface area contributed by atoms with Crippen LogP contribution in [0.2, 0.25) is 0 Å². The first-order valence-electron chi connectivity index (χ1n) is 13.4. The molecule has 198 valence electrons. The van der Waals surface area contributed by atoms with E-state index in [0.29, 0.717) is 24.5 Å². The summed E-state index contributed by atoms with van der Waals surface area (Å²) < 4.78 is 13.5. The van der Waals surface area contributed by atoms with E-state index >= 15 is 0 Å². The normalized spacial score (nSPS) is 18.9. The number of rotatable bonds is 9. The highest BCUT2D eigenvalue weighted by Crippen LogP contribution is 2.35. The molecule has 0 bridgehead atoms. The van der Waals surface area contributed by atoms with Gasteiger partial charge in [-0.1, -0.05) is 18.9 Å². The smallest absolute Gasteiger partial charge is 0.253 e. The first kappa shape index (κ1) is 24.7. The van der Waals surface area contributed by atoms with Crippen molar-refractivity contribution in [2.24, 2.45) is 0 Å². The van der Waals surface area contributed by atoms with Crippen molar-refractivity contribution in [1.29, 1.82) is 0 Å². The molecule has 0 radical (unpaired) electrons. The minimum atomic E-state index is -0.477. The SMILES string of the molecule is COc1ccc2[nH]c(=O)c([C@H](c3nnnn3C3CCCC3)N(Cc3cccnc3)C[C@H]3CCCO3)cc2c1. The second kappa shape index (κ2) is 11.0. The van der Waals surface area contributed by atoms with Crippen LogP contribution >= 0.6 is 0 Å². The highest BCUT2D eigenvalue weighted by molar-refractivity contribution is 5.80. The van der Waals surface area contributed by atoms with Crippen LogP contribution in [0, 0.1) is 0 Å². The average molecular weight is 516 g/mol. The van der Waals surface area contributed by atoms with Crippen LogP contribution in [-0.2, 0) is 11.3 Å². The Balaban J connectivity index is 1.51. The van der Waals surface area contributed by atoms with E-state index in [1.165, 1.54) is 0 Å². The monoisotopic (exact) mass is 515 g/mol.